The summed E-state index contributed by atoms with van der Waals surface area (Å²) in [6.07, 6.45) is 6.78. The number of nitrogen functional groups attached to an aromatic ring is 1. The summed E-state index contributed by atoms with van der Waals surface area (Å²) in [7, 11) is 0. The van der Waals surface area contributed by atoms with Gasteiger partial charge in [0.1, 0.15) is 5.82 Å². The summed E-state index contributed by atoms with van der Waals surface area (Å²) < 4.78 is 16.0. The van der Waals surface area contributed by atoms with E-state index in [1.54, 1.807) is 36.4 Å². The highest BCUT2D eigenvalue weighted by Gasteiger charge is 2.26. The van der Waals surface area contributed by atoms with E-state index >= 15 is 0 Å². The van der Waals surface area contributed by atoms with Crippen molar-refractivity contribution in [2.75, 3.05) is 5.73 Å². The van der Waals surface area contributed by atoms with Crippen molar-refractivity contribution in [2.24, 2.45) is 0 Å². The number of halogens is 1. The monoisotopic (exact) mass is 479 g/mol. The summed E-state index contributed by atoms with van der Waals surface area (Å²) in [5, 5.41) is 17.9. The molecule has 5 nitrogen and oxygen atoms in total. The Labute approximate surface area is 208 Å². The van der Waals surface area contributed by atoms with Gasteiger partial charge in [0.25, 0.3) is 0 Å². The molecule has 1 heterocycles. The fraction of sp³-hybridized carbons (Fsp3) is 0.200. The molecule has 0 atom stereocenters. The highest BCUT2D eigenvalue weighted by atomic mass is 19.1. The van der Waals surface area contributed by atoms with Gasteiger partial charge in [-0.05, 0) is 73.5 Å². The zero-order chi connectivity index (χ0) is 25.2. The van der Waals surface area contributed by atoms with Crippen LogP contribution in [0, 0.1) is 23.1 Å². The lowest BCUT2D eigenvalue weighted by molar-refractivity contribution is 0.0697. The van der Waals surface area contributed by atoms with Gasteiger partial charge in [-0.25, -0.2) is 9.18 Å². The normalized spacial score (nSPS) is 13.8. The van der Waals surface area contributed by atoms with E-state index in [9.17, 15) is 14.3 Å². The molecule has 0 amide bonds. The minimum atomic E-state index is -0.978. The first-order chi connectivity index (χ1) is 17.5. The highest BCUT2D eigenvalue weighted by Crippen LogP contribution is 2.41. The molecular formula is C30H26FN3O2. The second kappa shape index (κ2) is 9.71. The predicted octanol–water partition coefficient (Wildman–Crippen LogP) is 6.50. The lowest BCUT2D eigenvalue weighted by atomic mass is 9.85. The van der Waals surface area contributed by atoms with Crippen LogP contribution in [0.2, 0.25) is 0 Å². The van der Waals surface area contributed by atoms with Gasteiger partial charge in [0, 0.05) is 45.7 Å². The van der Waals surface area contributed by atoms with Crippen LogP contribution in [0.25, 0.3) is 16.6 Å². The van der Waals surface area contributed by atoms with Crippen molar-refractivity contribution in [3.8, 4) is 17.5 Å². The molecule has 1 aromatic heterocycles. The van der Waals surface area contributed by atoms with Crippen LogP contribution in [-0.4, -0.2) is 21.9 Å². The lowest BCUT2D eigenvalue weighted by Gasteiger charge is -2.24. The van der Waals surface area contributed by atoms with Gasteiger partial charge in [0.2, 0.25) is 0 Å². The molecule has 0 unspecified atom stereocenters. The van der Waals surface area contributed by atoms with E-state index in [2.05, 4.69) is 16.4 Å². The molecule has 4 aromatic rings. The Kier molecular flexibility index (Phi) is 6.30. The maximum atomic E-state index is 13.8. The molecule has 5 rings (SSSR count). The van der Waals surface area contributed by atoms with Crippen molar-refractivity contribution in [3.63, 3.8) is 0 Å². The van der Waals surface area contributed by atoms with Gasteiger partial charge in [-0.15, -0.1) is 0 Å². The summed E-state index contributed by atoms with van der Waals surface area (Å²) >= 11 is 0. The summed E-state index contributed by atoms with van der Waals surface area (Å²) in [6.45, 7) is 0. The number of hydrogen-bond acceptors (Lipinski definition) is 3. The van der Waals surface area contributed by atoms with Gasteiger partial charge in [0.15, 0.2) is 0 Å². The largest absolute Gasteiger partial charge is 0.478 e. The number of nitrogens with one attached hydrogen (secondary N) is 1. The zero-order valence-corrected chi connectivity index (χ0v) is 19.7. The molecule has 3 aromatic carbocycles. The molecule has 1 aliphatic rings. The predicted molar refractivity (Wildman–Crippen MR) is 141 cm³/mol. The average Bonchev–Trinajstić information content (AvgIpc) is 3.21. The number of nitrogens with two attached hydrogens (primary N) is 1. The Morgan fingerprint density at radius 3 is 2.36 bits per heavy atom. The Morgan fingerprint density at radius 2 is 1.72 bits per heavy atom. The summed E-state index contributed by atoms with van der Waals surface area (Å²) in [6, 6.07) is 16.7. The van der Waals surface area contributed by atoms with E-state index in [1.165, 1.54) is 24.8 Å². The standard InChI is InChI=1S/C30H26FN3O2/c31-23-11-13-24(14-12-23)34-28-16-22(18-32)27(33)17-26(28)25(29(34)20-4-2-1-3-5-20)15-8-19-6-9-21(10-7-19)30(35)36/h6-7,9-14,16-18,20,32H,1-5,33H2,(H,35,36). The number of anilines is 1. The number of fused-ring (bicyclic) bond motifs is 1. The molecule has 0 saturated heterocycles. The van der Waals surface area contributed by atoms with Crippen LogP contribution in [-0.2, 0) is 0 Å². The fourth-order valence-electron chi connectivity index (χ4n) is 5.10. The Hall–Kier alpha value is -4.37. The number of carboxylic acids is 1. The second-order valence-corrected chi connectivity index (χ2v) is 9.18. The molecule has 1 aliphatic carbocycles. The van der Waals surface area contributed by atoms with E-state index in [-0.39, 0.29) is 17.3 Å². The summed E-state index contributed by atoms with van der Waals surface area (Å²) in [5.74, 6) is 5.60. The summed E-state index contributed by atoms with van der Waals surface area (Å²) in [5.41, 5.74) is 12.0. The number of aromatic nitrogens is 1. The topological polar surface area (TPSA) is 92.1 Å². The molecule has 0 aliphatic heterocycles. The minimum Gasteiger partial charge on any atom is -0.478 e. The van der Waals surface area contributed by atoms with E-state index < -0.39 is 5.97 Å². The molecule has 0 spiro atoms. The molecule has 1 fully saturated rings. The van der Waals surface area contributed by atoms with Crippen LogP contribution in [0.4, 0.5) is 10.1 Å². The molecule has 36 heavy (non-hydrogen) atoms. The number of rotatable bonds is 4. The van der Waals surface area contributed by atoms with Gasteiger partial charge in [-0.1, -0.05) is 31.1 Å². The lowest BCUT2D eigenvalue weighted by Crippen LogP contribution is -2.11. The van der Waals surface area contributed by atoms with Crippen LogP contribution in [0.15, 0.2) is 60.7 Å². The van der Waals surface area contributed by atoms with E-state index in [4.69, 9.17) is 11.1 Å². The van der Waals surface area contributed by atoms with Gasteiger partial charge in [0.05, 0.1) is 16.6 Å². The van der Waals surface area contributed by atoms with E-state index in [1.807, 2.05) is 12.1 Å². The van der Waals surface area contributed by atoms with Gasteiger partial charge in [-0.3, -0.25) is 0 Å². The van der Waals surface area contributed by atoms with Crippen molar-refractivity contribution in [1.29, 1.82) is 5.41 Å². The van der Waals surface area contributed by atoms with Crippen LogP contribution in [0.3, 0.4) is 0 Å². The van der Waals surface area contributed by atoms with Gasteiger partial charge >= 0.3 is 5.97 Å². The van der Waals surface area contributed by atoms with Crippen LogP contribution in [0.1, 0.15) is 70.8 Å². The van der Waals surface area contributed by atoms with Crippen LogP contribution < -0.4 is 5.73 Å². The maximum absolute atomic E-state index is 13.8. The number of nitrogens with zero attached hydrogens (tertiary/aromatic N) is 1. The second-order valence-electron chi connectivity index (χ2n) is 9.18. The molecule has 4 N–H and O–H groups in total. The first-order valence-electron chi connectivity index (χ1n) is 12.1. The van der Waals surface area contributed by atoms with E-state index in [0.29, 0.717) is 16.8 Å². The van der Waals surface area contributed by atoms with Crippen molar-refractivity contribution >= 4 is 28.8 Å². The maximum Gasteiger partial charge on any atom is 0.335 e. The SMILES string of the molecule is N=Cc1cc2c(cc1N)c(C#Cc1ccc(C(=O)O)cc1)c(C1CCCCC1)n2-c1ccc(F)cc1. The van der Waals surface area contributed by atoms with Crippen LogP contribution >= 0.6 is 0 Å². The first-order valence-corrected chi connectivity index (χ1v) is 12.1. The first kappa shape index (κ1) is 23.4. The molecule has 180 valence electrons. The summed E-state index contributed by atoms with van der Waals surface area (Å²) in [4.78, 5) is 11.2. The number of carbonyl (C=O) groups is 1. The fourth-order valence-corrected chi connectivity index (χ4v) is 5.10. The third-order valence-corrected chi connectivity index (χ3v) is 6.90. The Balaban J connectivity index is 1.78. The number of aromatic carboxylic acids is 1. The van der Waals surface area contributed by atoms with Crippen molar-refractivity contribution < 1.29 is 14.3 Å². The highest BCUT2D eigenvalue weighted by molar-refractivity contribution is 5.99. The molecule has 6 heteroatoms. The number of hydrogen-bond donors (Lipinski definition) is 3. The van der Waals surface area contributed by atoms with E-state index in [0.717, 1.165) is 53.5 Å². The minimum absolute atomic E-state index is 0.211. The number of benzene rings is 3. The van der Waals surface area contributed by atoms with Crippen molar-refractivity contribution in [3.05, 3.63) is 94.4 Å². The third kappa shape index (κ3) is 4.36. The molecule has 0 radical (unpaired) electrons. The molecule has 0 bridgehead atoms. The third-order valence-electron chi connectivity index (χ3n) is 6.90. The van der Waals surface area contributed by atoms with Crippen molar-refractivity contribution in [2.45, 2.75) is 38.0 Å². The molecular weight excluding hydrogens is 453 g/mol. The van der Waals surface area contributed by atoms with Gasteiger partial charge in [-0.2, -0.15) is 0 Å². The Morgan fingerprint density at radius 1 is 1.03 bits per heavy atom. The number of carboxylic acid groups (broad SMARTS) is 1. The van der Waals surface area contributed by atoms with Crippen molar-refractivity contribution in [1.82, 2.24) is 4.57 Å². The smallest absolute Gasteiger partial charge is 0.335 e. The molecule has 1 saturated carbocycles. The van der Waals surface area contributed by atoms with Crippen LogP contribution in [0.5, 0.6) is 0 Å². The zero-order valence-electron chi connectivity index (χ0n) is 19.7. The Bertz CT molecular complexity index is 1520. The van der Waals surface area contributed by atoms with Gasteiger partial charge < -0.3 is 20.8 Å². The quantitative estimate of drug-likeness (QED) is 0.177. The average molecular weight is 480 g/mol.